The van der Waals surface area contributed by atoms with Gasteiger partial charge in [0.25, 0.3) is 5.91 Å². The third-order valence-electron chi connectivity index (χ3n) is 3.05. The molecule has 0 aliphatic carbocycles. The van der Waals surface area contributed by atoms with Gasteiger partial charge in [0.1, 0.15) is 5.82 Å². The van der Waals surface area contributed by atoms with Crippen LogP contribution in [0.25, 0.3) is 0 Å². The Kier molecular flexibility index (Phi) is 4.85. The minimum atomic E-state index is -0.528. The van der Waals surface area contributed by atoms with E-state index in [2.05, 4.69) is 10.6 Å². The lowest BCUT2D eigenvalue weighted by Crippen LogP contribution is -2.15. The van der Waals surface area contributed by atoms with Crippen LogP contribution in [0.4, 0.5) is 15.8 Å². The first-order valence-electron chi connectivity index (χ1n) is 6.86. The highest BCUT2D eigenvalue weighted by atomic mass is 19.1. The van der Waals surface area contributed by atoms with Gasteiger partial charge in [0.05, 0.1) is 5.69 Å². The zero-order valence-electron chi connectivity index (χ0n) is 12.6. The molecule has 0 aliphatic rings. The molecule has 0 saturated heterocycles. The van der Waals surface area contributed by atoms with Crippen molar-refractivity contribution in [2.45, 2.75) is 13.8 Å². The zero-order chi connectivity index (χ0) is 17.0. The van der Waals surface area contributed by atoms with Crippen molar-refractivity contribution in [3.8, 4) is 0 Å². The standard InChI is InChI=1S/C17H15FN2O3/c1-10(21)15-9-14(19-11(2)22)6-7-16(15)20-17(23)12-4-3-5-13(18)8-12/h3-9H,1-2H3,(H,19,22)(H,20,23). The molecule has 23 heavy (non-hydrogen) atoms. The van der Waals surface area contributed by atoms with Crippen LogP contribution in [0.2, 0.25) is 0 Å². The highest BCUT2D eigenvalue weighted by molar-refractivity contribution is 6.09. The Balaban J connectivity index is 2.30. The summed E-state index contributed by atoms with van der Waals surface area (Å²) in [5.41, 5.74) is 1.14. The third-order valence-corrected chi connectivity index (χ3v) is 3.05. The van der Waals surface area contributed by atoms with E-state index in [0.29, 0.717) is 11.4 Å². The van der Waals surface area contributed by atoms with Gasteiger partial charge in [0, 0.05) is 23.7 Å². The van der Waals surface area contributed by atoms with Crippen LogP contribution in [0.5, 0.6) is 0 Å². The fraction of sp³-hybridized carbons (Fsp3) is 0.118. The predicted octanol–water partition coefficient (Wildman–Crippen LogP) is 3.24. The number of ketones is 1. The molecule has 2 aromatic rings. The van der Waals surface area contributed by atoms with E-state index >= 15 is 0 Å². The first-order chi connectivity index (χ1) is 10.9. The minimum Gasteiger partial charge on any atom is -0.326 e. The van der Waals surface area contributed by atoms with E-state index in [0.717, 1.165) is 6.07 Å². The number of carbonyl (C=O) groups excluding carboxylic acids is 3. The van der Waals surface area contributed by atoms with Crippen LogP contribution in [-0.4, -0.2) is 17.6 Å². The lowest BCUT2D eigenvalue weighted by molar-refractivity contribution is -0.114. The van der Waals surface area contributed by atoms with Crippen molar-refractivity contribution in [3.63, 3.8) is 0 Å². The Morgan fingerprint density at radius 3 is 2.30 bits per heavy atom. The monoisotopic (exact) mass is 314 g/mol. The fourth-order valence-electron chi connectivity index (χ4n) is 2.05. The molecule has 0 aliphatic heterocycles. The van der Waals surface area contributed by atoms with E-state index in [1.807, 2.05) is 0 Å². The molecule has 118 valence electrons. The van der Waals surface area contributed by atoms with Gasteiger partial charge in [-0.1, -0.05) is 6.07 Å². The predicted molar refractivity (Wildman–Crippen MR) is 85.1 cm³/mol. The molecule has 2 rings (SSSR count). The summed E-state index contributed by atoms with van der Waals surface area (Å²) in [5.74, 6) is -1.59. The van der Waals surface area contributed by atoms with Gasteiger partial charge in [-0.2, -0.15) is 0 Å². The highest BCUT2D eigenvalue weighted by Crippen LogP contribution is 2.22. The van der Waals surface area contributed by atoms with Crippen LogP contribution in [-0.2, 0) is 4.79 Å². The largest absolute Gasteiger partial charge is 0.326 e. The van der Waals surface area contributed by atoms with Crippen molar-refractivity contribution in [1.82, 2.24) is 0 Å². The molecular formula is C17H15FN2O3. The molecule has 2 N–H and O–H groups in total. The molecule has 6 heteroatoms. The van der Waals surface area contributed by atoms with Crippen molar-refractivity contribution >= 4 is 29.0 Å². The normalized spacial score (nSPS) is 10.0. The van der Waals surface area contributed by atoms with Crippen molar-refractivity contribution in [1.29, 1.82) is 0 Å². The minimum absolute atomic E-state index is 0.144. The van der Waals surface area contributed by atoms with Gasteiger partial charge in [-0.25, -0.2) is 4.39 Å². The molecule has 0 heterocycles. The van der Waals surface area contributed by atoms with Gasteiger partial charge in [0.15, 0.2) is 5.78 Å². The number of nitrogens with one attached hydrogen (secondary N) is 2. The van der Waals surface area contributed by atoms with E-state index in [1.165, 1.54) is 44.2 Å². The first-order valence-corrected chi connectivity index (χ1v) is 6.86. The summed E-state index contributed by atoms with van der Waals surface area (Å²) < 4.78 is 13.2. The van der Waals surface area contributed by atoms with Gasteiger partial charge in [-0.05, 0) is 43.3 Å². The summed E-state index contributed by atoms with van der Waals surface area (Å²) in [6.07, 6.45) is 0. The second kappa shape index (κ2) is 6.83. The second-order valence-electron chi connectivity index (χ2n) is 4.96. The molecule has 0 aromatic heterocycles. The van der Waals surface area contributed by atoms with E-state index in [4.69, 9.17) is 0 Å². The maximum absolute atomic E-state index is 13.2. The summed E-state index contributed by atoms with van der Waals surface area (Å²) in [6, 6.07) is 9.79. The van der Waals surface area contributed by atoms with E-state index < -0.39 is 11.7 Å². The summed E-state index contributed by atoms with van der Waals surface area (Å²) in [4.78, 5) is 35.0. The van der Waals surface area contributed by atoms with E-state index in [1.54, 1.807) is 6.07 Å². The molecule has 2 amide bonds. The number of anilines is 2. The number of amides is 2. The Morgan fingerprint density at radius 2 is 1.70 bits per heavy atom. The highest BCUT2D eigenvalue weighted by Gasteiger charge is 2.13. The summed E-state index contributed by atoms with van der Waals surface area (Å²) in [5, 5.41) is 5.14. The van der Waals surface area contributed by atoms with Gasteiger partial charge < -0.3 is 10.6 Å². The van der Waals surface area contributed by atoms with Crippen LogP contribution in [0, 0.1) is 5.82 Å². The smallest absolute Gasteiger partial charge is 0.255 e. The maximum atomic E-state index is 13.2. The van der Waals surface area contributed by atoms with Crippen molar-refractivity contribution < 1.29 is 18.8 Å². The van der Waals surface area contributed by atoms with Crippen molar-refractivity contribution in [2.24, 2.45) is 0 Å². The van der Waals surface area contributed by atoms with E-state index in [9.17, 15) is 18.8 Å². The Morgan fingerprint density at radius 1 is 0.957 bits per heavy atom. The molecule has 0 spiro atoms. The number of benzene rings is 2. The zero-order valence-corrected chi connectivity index (χ0v) is 12.6. The van der Waals surface area contributed by atoms with Gasteiger partial charge in [0.2, 0.25) is 5.91 Å². The summed E-state index contributed by atoms with van der Waals surface area (Å²) >= 11 is 0. The van der Waals surface area contributed by atoms with Crippen LogP contribution >= 0.6 is 0 Å². The van der Waals surface area contributed by atoms with Crippen LogP contribution in [0.15, 0.2) is 42.5 Å². The molecule has 0 unspecified atom stereocenters. The van der Waals surface area contributed by atoms with Crippen molar-refractivity contribution in [3.05, 3.63) is 59.4 Å². The average Bonchev–Trinajstić information content (AvgIpc) is 2.48. The quantitative estimate of drug-likeness (QED) is 0.851. The fourth-order valence-corrected chi connectivity index (χ4v) is 2.05. The number of Topliss-reactive ketones (excluding diaryl/α,β-unsaturated/α-hetero) is 1. The molecular weight excluding hydrogens is 299 g/mol. The van der Waals surface area contributed by atoms with Gasteiger partial charge in [-0.15, -0.1) is 0 Å². The number of hydrogen-bond donors (Lipinski definition) is 2. The lowest BCUT2D eigenvalue weighted by atomic mass is 10.1. The molecule has 0 atom stereocenters. The molecule has 0 fully saturated rings. The SMILES string of the molecule is CC(=O)Nc1ccc(NC(=O)c2cccc(F)c2)c(C(C)=O)c1. The molecule has 0 bridgehead atoms. The second-order valence-corrected chi connectivity index (χ2v) is 4.96. The van der Waals surface area contributed by atoms with Crippen LogP contribution < -0.4 is 10.6 Å². The number of rotatable bonds is 4. The van der Waals surface area contributed by atoms with Crippen molar-refractivity contribution in [2.75, 3.05) is 10.6 Å². The molecule has 0 radical (unpaired) electrons. The number of halogens is 1. The topological polar surface area (TPSA) is 75.3 Å². The number of hydrogen-bond acceptors (Lipinski definition) is 3. The Hall–Kier alpha value is -3.02. The van der Waals surface area contributed by atoms with Crippen LogP contribution in [0.1, 0.15) is 34.6 Å². The Bertz CT molecular complexity index is 787. The Labute approximate surface area is 132 Å². The maximum Gasteiger partial charge on any atom is 0.255 e. The third kappa shape index (κ3) is 4.23. The van der Waals surface area contributed by atoms with Gasteiger partial charge >= 0.3 is 0 Å². The molecule has 2 aromatic carbocycles. The first kappa shape index (κ1) is 16.4. The van der Waals surface area contributed by atoms with Gasteiger partial charge in [-0.3, -0.25) is 14.4 Å². The van der Waals surface area contributed by atoms with Crippen LogP contribution in [0.3, 0.4) is 0 Å². The average molecular weight is 314 g/mol. The summed E-state index contributed by atoms with van der Waals surface area (Å²) in [7, 11) is 0. The number of carbonyl (C=O) groups is 3. The van der Waals surface area contributed by atoms with E-state index in [-0.39, 0.29) is 22.8 Å². The molecule has 0 saturated carbocycles. The molecule has 5 nitrogen and oxygen atoms in total. The lowest BCUT2D eigenvalue weighted by Gasteiger charge is -2.11. The summed E-state index contributed by atoms with van der Waals surface area (Å²) in [6.45, 7) is 2.71.